The lowest BCUT2D eigenvalue weighted by Gasteiger charge is -2.22. The van der Waals surface area contributed by atoms with Gasteiger partial charge in [-0.05, 0) is 25.5 Å². The van der Waals surface area contributed by atoms with Crippen LogP contribution in [-0.2, 0) is 4.79 Å². The van der Waals surface area contributed by atoms with E-state index in [1.165, 1.54) is 6.42 Å². The fraction of sp³-hybridized carbons (Fsp3) is 0.385. The van der Waals surface area contributed by atoms with Gasteiger partial charge in [0.15, 0.2) is 0 Å². The second-order valence-electron chi connectivity index (χ2n) is 4.61. The molecular weight excluding hydrogens is 228 g/mol. The molecule has 2 heterocycles. The predicted molar refractivity (Wildman–Crippen MR) is 70.6 cm³/mol. The number of carbonyl (C=O) groups excluding carboxylic acids is 1. The third-order valence-corrected chi connectivity index (χ3v) is 3.41. The number of benzene rings is 1. The average Bonchev–Trinajstić information content (AvgIpc) is 2.85. The maximum Gasteiger partial charge on any atom is 0.211 e. The lowest BCUT2D eigenvalue weighted by atomic mass is 10.1. The molecule has 2 N–H and O–H groups in total. The lowest BCUT2D eigenvalue weighted by Crippen LogP contribution is -2.31. The minimum atomic E-state index is 0.412. The molecule has 1 unspecified atom stereocenters. The van der Waals surface area contributed by atoms with E-state index in [2.05, 4.69) is 21.9 Å². The number of nitrogens with zero attached hydrogens (tertiary/aromatic N) is 2. The summed E-state index contributed by atoms with van der Waals surface area (Å²) in [4.78, 5) is 10.6. The van der Waals surface area contributed by atoms with Gasteiger partial charge >= 0.3 is 0 Å². The average molecular weight is 244 g/mol. The maximum absolute atomic E-state index is 10.6. The first-order chi connectivity index (χ1) is 8.88. The highest BCUT2D eigenvalue weighted by atomic mass is 16.1. The fourth-order valence-electron chi connectivity index (χ4n) is 2.49. The first-order valence-electron chi connectivity index (χ1n) is 6.27. The van der Waals surface area contributed by atoms with Crippen LogP contribution in [0.1, 0.15) is 18.9 Å². The van der Waals surface area contributed by atoms with E-state index >= 15 is 0 Å². The Balaban J connectivity index is 1.99. The van der Waals surface area contributed by atoms with E-state index in [-0.39, 0.29) is 0 Å². The summed E-state index contributed by atoms with van der Waals surface area (Å²) in [7, 11) is 0. The van der Waals surface area contributed by atoms with Gasteiger partial charge in [0.1, 0.15) is 5.52 Å². The van der Waals surface area contributed by atoms with Crippen molar-refractivity contribution in [1.82, 2.24) is 15.1 Å². The molecule has 5 nitrogen and oxygen atoms in total. The smallest absolute Gasteiger partial charge is 0.211 e. The van der Waals surface area contributed by atoms with Crippen molar-refractivity contribution < 1.29 is 4.79 Å². The molecule has 0 aliphatic carbocycles. The highest BCUT2D eigenvalue weighted by molar-refractivity contribution is 5.94. The van der Waals surface area contributed by atoms with Gasteiger partial charge in [0, 0.05) is 18.1 Å². The van der Waals surface area contributed by atoms with E-state index in [4.69, 9.17) is 0 Å². The minimum Gasteiger partial charge on any atom is -0.327 e. The van der Waals surface area contributed by atoms with Crippen molar-refractivity contribution in [2.24, 2.45) is 0 Å². The van der Waals surface area contributed by atoms with Crippen molar-refractivity contribution in [3.05, 3.63) is 24.4 Å². The number of fused-ring (bicyclic) bond motifs is 1. The van der Waals surface area contributed by atoms with E-state index in [9.17, 15) is 4.79 Å². The number of anilines is 1. The Kier molecular flexibility index (Phi) is 2.98. The van der Waals surface area contributed by atoms with Crippen LogP contribution in [0.25, 0.3) is 10.9 Å². The first kappa shape index (κ1) is 11.2. The zero-order chi connectivity index (χ0) is 12.4. The topological polar surface area (TPSA) is 59.0 Å². The zero-order valence-electron chi connectivity index (χ0n) is 10.1. The molecule has 5 heteroatoms. The molecule has 0 spiro atoms. The van der Waals surface area contributed by atoms with E-state index in [0.29, 0.717) is 12.5 Å². The van der Waals surface area contributed by atoms with E-state index in [0.717, 1.165) is 36.1 Å². The van der Waals surface area contributed by atoms with Gasteiger partial charge in [-0.1, -0.05) is 12.1 Å². The summed E-state index contributed by atoms with van der Waals surface area (Å²) in [6, 6.07) is 6.23. The molecule has 1 aliphatic rings. The Morgan fingerprint density at radius 1 is 1.50 bits per heavy atom. The van der Waals surface area contributed by atoms with Crippen molar-refractivity contribution in [2.45, 2.75) is 18.9 Å². The molecule has 1 aromatic carbocycles. The van der Waals surface area contributed by atoms with Gasteiger partial charge in [0.25, 0.3) is 0 Å². The monoisotopic (exact) mass is 244 g/mol. The predicted octanol–water partition coefficient (Wildman–Crippen LogP) is 1.53. The number of hydrogen-bond donors (Lipinski definition) is 2. The molecule has 1 saturated heterocycles. The summed E-state index contributed by atoms with van der Waals surface area (Å²) in [5.74, 6) is 0. The van der Waals surface area contributed by atoms with Gasteiger partial charge in [0.05, 0.1) is 11.7 Å². The van der Waals surface area contributed by atoms with Crippen LogP contribution < -0.4 is 10.6 Å². The zero-order valence-corrected chi connectivity index (χ0v) is 10.1. The Hall–Kier alpha value is -1.88. The van der Waals surface area contributed by atoms with Gasteiger partial charge in [0.2, 0.25) is 6.41 Å². The summed E-state index contributed by atoms with van der Waals surface area (Å²) in [5.41, 5.74) is 1.63. The van der Waals surface area contributed by atoms with Crippen LogP contribution >= 0.6 is 0 Å². The summed E-state index contributed by atoms with van der Waals surface area (Å²) in [5, 5.41) is 11.8. The van der Waals surface area contributed by atoms with Crippen LogP contribution in [0, 0.1) is 0 Å². The minimum absolute atomic E-state index is 0.412. The van der Waals surface area contributed by atoms with Gasteiger partial charge in [-0.2, -0.15) is 5.10 Å². The Morgan fingerprint density at radius 2 is 2.44 bits per heavy atom. The standard InChI is InChI=1S/C13H16N4O/c18-9-15-12-5-1-3-10-8-17(16-13(10)12)11-4-2-6-14-7-11/h1,3,5,8-9,11,14H,2,4,6-7H2,(H,15,18). The number of carbonyl (C=O) groups is 1. The Labute approximate surface area is 105 Å². The van der Waals surface area contributed by atoms with Crippen LogP contribution in [0.5, 0.6) is 0 Å². The van der Waals surface area contributed by atoms with Crippen LogP contribution in [0.4, 0.5) is 5.69 Å². The van der Waals surface area contributed by atoms with Crippen LogP contribution in [-0.4, -0.2) is 29.3 Å². The second-order valence-corrected chi connectivity index (χ2v) is 4.61. The van der Waals surface area contributed by atoms with Crippen molar-refractivity contribution in [3.8, 4) is 0 Å². The number of hydrogen-bond acceptors (Lipinski definition) is 3. The molecule has 1 aromatic heterocycles. The Bertz CT molecular complexity index is 557. The summed E-state index contributed by atoms with van der Waals surface area (Å²) in [6.07, 6.45) is 5.08. The van der Waals surface area contributed by atoms with E-state index < -0.39 is 0 Å². The molecule has 3 rings (SSSR count). The molecule has 1 atom stereocenters. The largest absolute Gasteiger partial charge is 0.327 e. The van der Waals surface area contributed by atoms with Crippen LogP contribution in [0.2, 0.25) is 0 Å². The first-order valence-corrected chi connectivity index (χ1v) is 6.27. The van der Waals surface area contributed by atoms with E-state index in [1.54, 1.807) is 0 Å². The van der Waals surface area contributed by atoms with Crippen molar-refractivity contribution in [1.29, 1.82) is 0 Å². The molecule has 0 radical (unpaired) electrons. The Morgan fingerprint density at radius 3 is 3.22 bits per heavy atom. The number of piperidine rings is 1. The molecule has 0 saturated carbocycles. The summed E-state index contributed by atoms with van der Waals surface area (Å²) < 4.78 is 2.02. The molecule has 18 heavy (non-hydrogen) atoms. The normalized spacial score (nSPS) is 19.9. The SMILES string of the molecule is O=CNc1cccc2cn(C3CCCNC3)nc12. The number of nitrogens with one attached hydrogen (secondary N) is 2. The van der Waals surface area contributed by atoms with Crippen molar-refractivity contribution in [3.63, 3.8) is 0 Å². The fourth-order valence-corrected chi connectivity index (χ4v) is 2.49. The lowest BCUT2D eigenvalue weighted by molar-refractivity contribution is -0.105. The third kappa shape index (κ3) is 1.97. The van der Waals surface area contributed by atoms with Gasteiger partial charge < -0.3 is 10.6 Å². The maximum atomic E-state index is 10.6. The van der Waals surface area contributed by atoms with Gasteiger partial charge in [-0.15, -0.1) is 0 Å². The second kappa shape index (κ2) is 4.78. The van der Waals surface area contributed by atoms with Gasteiger partial charge in [-0.3, -0.25) is 9.48 Å². The summed E-state index contributed by atoms with van der Waals surface area (Å²) in [6.45, 7) is 2.06. The van der Waals surface area contributed by atoms with Crippen molar-refractivity contribution in [2.75, 3.05) is 18.4 Å². The van der Waals surface area contributed by atoms with Crippen molar-refractivity contribution >= 4 is 23.0 Å². The van der Waals surface area contributed by atoms with Crippen LogP contribution in [0.3, 0.4) is 0 Å². The third-order valence-electron chi connectivity index (χ3n) is 3.41. The number of amides is 1. The molecule has 1 amide bonds. The molecule has 94 valence electrons. The van der Waals surface area contributed by atoms with Crippen LogP contribution in [0.15, 0.2) is 24.4 Å². The number of aromatic nitrogens is 2. The number of rotatable bonds is 3. The quantitative estimate of drug-likeness (QED) is 0.805. The summed E-state index contributed by atoms with van der Waals surface area (Å²) >= 11 is 0. The molecule has 0 bridgehead atoms. The van der Waals surface area contributed by atoms with Gasteiger partial charge in [-0.25, -0.2) is 0 Å². The molecular formula is C13H16N4O. The highest BCUT2D eigenvalue weighted by Crippen LogP contribution is 2.24. The van der Waals surface area contributed by atoms with E-state index in [1.807, 2.05) is 22.9 Å². The molecule has 1 aliphatic heterocycles. The molecule has 1 fully saturated rings. The highest BCUT2D eigenvalue weighted by Gasteiger charge is 2.16. The molecule has 2 aromatic rings.